The molecular formula is C16H33ClN2. The highest BCUT2D eigenvalue weighted by Crippen LogP contribution is 2.32. The van der Waals surface area contributed by atoms with E-state index in [-0.39, 0.29) is 12.4 Å². The second-order valence-electron chi connectivity index (χ2n) is 7.12. The minimum Gasteiger partial charge on any atom is -0.316 e. The lowest BCUT2D eigenvalue weighted by molar-refractivity contribution is 0.116. The molecule has 1 aliphatic heterocycles. The summed E-state index contributed by atoms with van der Waals surface area (Å²) in [7, 11) is 2.36. The molecule has 1 heterocycles. The zero-order valence-electron chi connectivity index (χ0n) is 13.1. The summed E-state index contributed by atoms with van der Waals surface area (Å²) in [5, 5.41) is 3.52. The van der Waals surface area contributed by atoms with Crippen LogP contribution in [0, 0.1) is 11.3 Å². The summed E-state index contributed by atoms with van der Waals surface area (Å²) in [5.41, 5.74) is 0.523. The average molecular weight is 289 g/mol. The van der Waals surface area contributed by atoms with E-state index in [2.05, 4.69) is 31.1 Å². The summed E-state index contributed by atoms with van der Waals surface area (Å²) >= 11 is 0. The number of nitrogens with one attached hydrogen (secondary N) is 1. The molecule has 0 amide bonds. The number of nitrogens with zero attached hydrogens (tertiary/aromatic N) is 1. The molecule has 3 heteroatoms. The van der Waals surface area contributed by atoms with Crippen molar-refractivity contribution in [3.8, 4) is 0 Å². The molecule has 0 radical (unpaired) electrons. The van der Waals surface area contributed by atoms with Gasteiger partial charge in [-0.2, -0.15) is 0 Å². The summed E-state index contributed by atoms with van der Waals surface area (Å²) in [4.78, 5) is 2.66. The average Bonchev–Trinajstić information content (AvgIpc) is 2.77. The number of halogens is 1. The minimum absolute atomic E-state index is 0. The molecule has 0 spiro atoms. The van der Waals surface area contributed by atoms with Crippen LogP contribution in [0.3, 0.4) is 0 Å². The van der Waals surface area contributed by atoms with Gasteiger partial charge in [-0.1, -0.05) is 26.7 Å². The first-order chi connectivity index (χ1) is 8.63. The van der Waals surface area contributed by atoms with E-state index in [1.165, 1.54) is 64.6 Å². The Hall–Kier alpha value is 0.210. The van der Waals surface area contributed by atoms with Crippen LogP contribution in [0.15, 0.2) is 0 Å². The maximum Gasteiger partial charge on any atom is 0.00926 e. The van der Waals surface area contributed by atoms with Crippen molar-refractivity contribution < 1.29 is 0 Å². The fourth-order valence-corrected chi connectivity index (χ4v) is 4.02. The SMILES string of the molecule is CCCC1CCC(N(C)CC2(C)CCNC2)CC1.Cl. The molecule has 114 valence electrons. The first-order valence-electron chi connectivity index (χ1n) is 8.04. The van der Waals surface area contributed by atoms with Crippen LogP contribution in [0.4, 0.5) is 0 Å². The van der Waals surface area contributed by atoms with Crippen LogP contribution in [-0.4, -0.2) is 37.6 Å². The lowest BCUT2D eigenvalue weighted by Crippen LogP contribution is -2.42. The van der Waals surface area contributed by atoms with Crippen molar-refractivity contribution in [3.63, 3.8) is 0 Å². The van der Waals surface area contributed by atoms with E-state index in [1.807, 2.05) is 0 Å². The molecule has 0 aromatic heterocycles. The van der Waals surface area contributed by atoms with Crippen LogP contribution >= 0.6 is 12.4 Å². The third-order valence-corrected chi connectivity index (χ3v) is 5.22. The fraction of sp³-hybridized carbons (Fsp3) is 1.00. The van der Waals surface area contributed by atoms with Gasteiger partial charge in [-0.3, -0.25) is 0 Å². The Balaban J connectivity index is 0.00000180. The van der Waals surface area contributed by atoms with Crippen LogP contribution < -0.4 is 5.32 Å². The van der Waals surface area contributed by atoms with Crippen molar-refractivity contribution in [1.82, 2.24) is 10.2 Å². The van der Waals surface area contributed by atoms with Gasteiger partial charge in [-0.15, -0.1) is 12.4 Å². The third kappa shape index (κ3) is 4.91. The first-order valence-corrected chi connectivity index (χ1v) is 8.04. The quantitative estimate of drug-likeness (QED) is 0.830. The van der Waals surface area contributed by atoms with E-state index in [0.29, 0.717) is 5.41 Å². The molecule has 1 saturated heterocycles. The lowest BCUT2D eigenvalue weighted by Gasteiger charge is -2.38. The zero-order chi connectivity index (χ0) is 13.0. The number of rotatable bonds is 5. The Morgan fingerprint density at radius 3 is 2.42 bits per heavy atom. The highest BCUT2D eigenvalue weighted by molar-refractivity contribution is 5.85. The predicted molar refractivity (Wildman–Crippen MR) is 86.1 cm³/mol. The van der Waals surface area contributed by atoms with Crippen molar-refractivity contribution in [2.45, 2.75) is 64.8 Å². The highest BCUT2D eigenvalue weighted by Gasteiger charge is 2.32. The van der Waals surface area contributed by atoms with Crippen LogP contribution in [0.25, 0.3) is 0 Å². The molecule has 0 bridgehead atoms. The van der Waals surface area contributed by atoms with Gasteiger partial charge in [0.2, 0.25) is 0 Å². The molecule has 0 aromatic carbocycles. The van der Waals surface area contributed by atoms with Crippen LogP contribution in [-0.2, 0) is 0 Å². The Bertz CT molecular complexity index is 243. The van der Waals surface area contributed by atoms with E-state index in [9.17, 15) is 0 Å². The smallest absolute Gasteiger partial charge is 0.00926 e. The van der Waals surface area contributed by atoms with Crippen LogP contribution in [0.2, 0.25) is 0 Å². The minimum atomic E-state index is 0. The molecule has 19 heavy (non-hydrogen) atoms. The predicted octanol–water partition coefficient (Wildman–Crippen LogP) is 3.70. The Labute approximate surface area is 126 Å². The maximum atomic E-state index is 3.52. The van der Waals surface area contributed by atoms with Gasteiger partial charge in [0, 0.05) is 19.1 Å². The maximum absolute atomic E-state index is 3.52. The van der Waals surface area contributed by atoms with Crippen molar-refractivity contribution in [3.05, 3.63) is 0 Å². The van der Waals surface area contributed by atoms with Crippen molar-refractivity contribution in [1.29, 1.82) is 0 Å². The molecule has 1 saturated carbocycles. The summed E-state index contributed by atoms with van der Waals surface area (Å²) in [5.74, 6) is 1.03. The highest BCUT2D eigenvalue weighted by atomic mass is 35.5. The van der Waals surface area contributed by atoms with Gasteiger partial charge in [0.25, 0.3) is 0 Å². The monoisotopic (exact) mass is 288 g/mol. The van der Waals surface area contributed by atoms with Crippen LogP contribution in [0.1, 0.15) is 58.8 Å². The van der Waals surface area contributed by atoms with Gasteiger partial charge < -0.3 is 10.2 Å². The Kier molecular flexibility index (Phi) is 7.13. The Morgan fingerprint density at radius 2 is 1.89 bits per heavy atom. The summed E-state index contributed by atoms with van der Waals surface area (Å²) < 4.78 is 0. The van der Waals surface area contributed by atoms with Gasteiger partial charge in [0.15, 0.2) is 0 Å². The van der Waals surface area contributed by atoms with Gasteiger partial charge >= 0.3 is 0 Å². The fourth-order valence-electron chi connectivity index (χ4n) is 4.02. The molecule has 2 aliphatic rings. The van der Waals surface area contributed by atoms with E-state index in [0.717, 1.165) is 12.0 Å². The van der Waals surface area contributed by atoms with Gasteiger partial charge in [-0.05, 0) is 57.0 Å². The molecule has 1 atom stereocenters. The number of hydrogen-bond donors (Lipinski definition) is 1. The normalized spacial score (nSPS) is 35.4. The molecular weight excluding hydrogens is 256 g/mol. The third-order valence-electron chi connectivity index (χ3n) is 5.22. The lowest BCUT2D eigenvalue weighted by atomic mass is 9.82. The second-order valence-corrected chi connectivity index (χ2v) is 7.12. The topological polar surface area (TPSA) is 15.3 Å². The van der Waals surface area contributed by atoms with Gasteiger partial charge in [-0.25, -0.2) is 0 Å². The molecule has 1 aliphatic carbocycles. The number of hydrogen-bond acceptors (Lipinski definition) is 2. The molecule has 2 nitrogen and oxygen atoms in total. The van der Waals surface area contributed by atoms with E-state index >= 15 is 0 Å². The standard InChI is InChI=1S/C16H32N2.ClH/c1-4-5-14-6-8-15(9-7-14)18(3)13-16(2)10-11-17-12-16;/h14-15,17H,4-13H2,1-3H3;1H. The van der Waals surface area contributed by atoms with Crippen molar-refractivity contribution >= 4 is 12.4 Å². The first kappa shape index (κ1) is 17.3. The molecule has 2 rings (SSSR count). The summed E-state index contributed by atoms with van der Waals surface area (Å²) in [6.07, 6.45) is 9.99. The summed E-state index contributed by atoms with van der Waals surface area (Å²) in [6, 6.07) is 0.857. The zero-order valence-corrected chi connectivity index (χ0v) is 13.9. The van der Waals surface area contributed by atoms with Crippen molar-refractivity contribution in [2.24, 2.45) is 11.3 Å². The largest absolute Gasteiger partial charge is 0.316 e. The van der Waals surface area contributed by atoms with E-state index in [4.69, 9.17) is 0 Å². The molecule has 0 aromatic rings. The van der Waals surface area contributed by atoms with Gasteiger partial charge in [0.05, 0.1) is 0 Å². The molecule has 1 N–H and O–H groups in total. The van der Waals surface area contributed by atoms with Gasteiger partial charge in [0.1, 0.15) is 0 Å². The van der Waals surface area contributed by atoms with Crippen molar-refractivity contribution in [2.75, 3.05) is 26.7 Å². The van der Waals surface area contributed by atoms with E-state index in [1.54, 1.807) is 0 Å². The second kappa shape index (κ2) is 7.85. The Morgan fingerprint density at radius 1 is 1.21 bits per heavy atom. The molecule has 2 fully saturated rings. The summed E-state index contributed by atoms with van der Waals surface area (Å²) in [6.45, 7) is 8.48. The van der Waals surface area contributed by atoms with Crippen LogP contribution in [0.5, 0.6) is 0 Å². The molecule has 1 unspecified atom stereocenters. The van der Waals surface area contributed by atoms with E-state index < -0.39 is 0 Å².